The van der Waals surface area contributed by atoms with E-state index in [2.05, 4.69) is 0 Å². The highest BCUT2D eigenvalue weighted by Crippen LogP contribution is 2.31. The topological polar surface area (TPSA) is 38.3 Å². The summed E-state index contributed by atoms with van der Waals surface area (Å²) in [4.78, 5) is 0. The van der Waals surface area contributed by atoms with Crippen LogP contribution in [0.25, 0.3) is 0 Å². The molecular formula is C26H22BrCl5N2O2. The lowest BCUT2D eigenvalue weighted by Gasteiger charge is -2.19. The molecule has 10 heteroatoms. The Morgan fingerprint density at radius 2 is 1.47 bits per heavy atom. The van der Waals surface area contributed by atoms with Crippen LogP contribution in [-0.2, 0) is 24.4 Å². The fourth-order valence-electron chi connectivity index (χ4n) is 3.67. The van der Waals surface area contributed by atoms with Crippen LogP contribution in [0.1, 0.15) is 28.9 Å². The minimum Gasteiger partial charge on any atom is -1.00 e. The second-order valence-electron chi connectivity index (χ2n) is 8.08. The third kappa shape index (κ3) is 7.86. The van der Waals surface area contributed by atoms with E-state index in [0.717, 1.165) is 16.7 Å². The minimum atomic E-state index is -0.669. The van der Waals surface area contributed by atoms with Gasteiger partial charge in [-0.05, 0) is 47.5 Å². The largest absolute Gasteiger partial charge is 1.00 e. The van der Waals surface area contributed by atoms with Gasteiger partial charge in [0.2, 0.25) is 6.33 Å². The molecule has 1 aromatic heterocycles. The lowest BCUT2D eigenvalue weighted by atomic mass is 10.1. The maximum absolute atomic E-state index is 10.6. The first-order valence-electron chi connectivity index (χ1n) is 10.8. The highest BCUT2D eigenvalue weighted by molar-refractivity contribution is 6.35. The van der Waals surface area contributed by atoms with Gasteiger partial charge in [0.05, 0.1) is 6.61 Å². The fraction of sp³-hybridized carbons (Fsp3) is 0.192. The van der Waals surface area contributed by atoms with Crippen LogP contribution in [0, 0.1) is 0 Å². The molecule has 0 radical (unpaired) electrons. The number of hydrogen-bond donors (Lipinski definition) is 1. The van der Waals surface area contributed by atoms with Gasteiger partial charge < -0.3 is 26.8 Å². The Balaban J connectivity index is 0.00000361. The first-order valence-corrected chi connectivity index (χ1v) is 12.7. The third-order valence-corrected chi connectivity index (χ3v) is 6.93. The number of nitrogens with zero attached hydrogens (tertiary/aromatic N) is 2. The van der Waals surface area contributed by atoms with Gasteiger partial charge in [0.1, 0.15) is 37.7 Å². The van der Waals surface area contributed by atoms with Gasteiger partial charge in [-0.25, -0.2) is 9.13 Å². The molecule has 0 amide bonds. The number of aromatic nitrogens is 2. The van der Waals surface area contributed by atoms with Crippen LogP contribution in [0.15, 0.2) is 79.4 Å². The van der Waals surface area contributed by atoms with Crippen LogP contribution in [-0.4, -0.2) is 9.67 Å². The highest BCUT2D eigenvalue weighted by atomic mass is 79.9. The number of ether oxygens (including phenoxy) is 1. The molecule has 0 saturated heterocycles. The molecule has 4 aromatic rings. The Morgan fingerprint density at radius 1 is 0.833 bits per heavy atom. The summed E-state index contributed by atoms with van der Waals surface area (Å²) in [5.41, 5.74) is 2.42. The van der Waals surface area contributed by atoms with Gasteiger partial charge in [0.15, 0.2) is 0 Å². The summed E-state index contributed by atoms with van der Waals surface area (Å²) in [6.45, 7) is 1.15. The van der Waals surface area contributed by atoms with Crippen molar-refractivity contribution >= 4 is 58.0 Å². The number of benzene rings is 3. The van der Waals surface area contributed by atoms with Crippen molar-refractivity contribution in [2.24, 2.45) is 0 Å². The van der Waals surface area contributed by atoms with Crippen LogP contribution in [0.5, 0.6) is 0 Å². The van der Waals surface area contributed by atoms with Crippen molar-refractivity contribution in [3.63, 3.8) is 0 Å². The molecule has 0 spiro atoms. The van der Waals surface area contributed by atoms with Crippen molar-refractivity contribution in [3.05, 3.63) is 121 Å². The average Bonchev–Trinajstić information content (AvgIpc) is 3.25. The number of halogens is 6. The number of hydrogen-bond acceptors (Lipinski definition) is 2. The Kier molecular flexibility index (Phi) is 11.0. The number of rotatable bonds is 9. The molecule has 0 aliphatic heterocycles. The van der Waals surface area contributed by atoms with Crippen LogP contribution < -0.4 is 21.5 Å². The third-order valence-electron chi connectivity index (χ3n) is 5.53. The Labute approximate surface area is 245 Å². The van der Waals surface area contributed by atoms with E-state index in [1.807, 2.05) is 52.1 Å². The smallest absolute Gasteiger partial charge is 0.243 e. The maximum atomic E-state index is 10.6. The molecule has 4 nitrogen and oxygen atoms in total. The molecule has 0 saturated carbocycles. The van der Waals surface area contributed by atoms with Crippen molar-refractivity contribution in [1.29, 1.82) is 0 Å². The zero-order chi connectivity index (χ0) is 24.9. The van der Waals surface area contributed by atoms with Crippen molar-refractivity contribution in [2.45, 2.75) is 31.9 Å². The average molecular weight is 652 g/mol. The molecule has 0 aliphatic carbocycles. The molecular weight excluding hydrogens is 629 g/mol. The van der Waals surface area contributed by atoms with Gasteiger partial charge in [0, 0.05) is 30.7 Å². The van der Waals surface area contributed by atoms with Crippen LogP contribution in [0.4, 0.5) is 0 Å². The molecule has 190 valence electrons. The van der Waals surface area contributed by atoms with Gasteiger partial charge in [-0.15, -0.1) is 0 Å². The second-order valence-corrected chi connectivity index (χ2v) is 10.2. The summed E-state index contributed by atoms with van der Waals surface area (Å²) in [6.07, 6.45) is 4.68. The van der Waals surface area contributed by atoms with E-state index in [0.29, 0.717) is 38.2 Å². The van der Waals surface area contributed by atoms with Gasteiger partial charge >= 0.3 is 0 Å². The van der Waals surface area contributed by atoms with Crippen LogP contribution >= 0.6 is 58.0 Å². The summed E-state index contributed by atoms with van der Waals surface area (Å²) < 4.78 is 10.2. The monoisotopic (exact) mass is 648 g/mol. The van der Waals surface area contributed by atoms with Crippen molar-refractivity contribution in [2.75, 3.05) is 0 Å². The van der Waals surface area contributed by atoms with Crippen molar-refractivity contribution in [3.8, 4) is 0 Å². The highest BCUT2D eigenvalue weighted by Gasteiger charge is 2.21. The van der Waals surface area contributed by atoms with Crippen LogP contribution in [0.2, 0.25) is 25.1 Å². The number of aliphatic hydroxyl groups is 1. The van der Waals surface area contributed by atoms with E-state index >= 15 is 0 Å². The number of imidazole rings is 1. The van der Waals surface area contributed by atoms with E-state index in [-0.39, 0.29) is 29.7 Å². The standard InChI is InChI=1S/C26H22Cl5N2O2.BrH/c27-19-4-1-17(2-5-19)25(34)13-32-9-10-33(16-32)14-26(22-8-7-21(29)12-24(22)31)35-15-18-3-6-20(28)11-23(18)30;/h1-12,16,25-26,34H,13-15H2;1H/q+1;/p-1. The van der Waals surface area contributed by atoms with E-state index in [9.17, 15) is 5.11 Å². The fourth-order valence-corrected chi connectivity index (χ4v) is 4.79. The zero-order valence-electron chi connectivity index (χ0n) is 18.8. The summed E-state index contributed by atoms with van der Waals surface area (Å²) in [6, 6.07) is 17.8. The summed E-state index contributed by atoms with van der Waals surface area (Å²) in [5.74, 6) is 0. The first kappa shape index (κ1) is 29.3. The Hall–Kier alpha value is -1.28. The van der Waals surface area contributed by atoms with Crippen molar-refractivity contribution in [1.82, 2.24) is 4.57 Å². The summed E-state index contributed by atoms with van der Waals surface area (Å²) in [5, 5.41) is 13.4. The molecule has 2 atom stereocenters. The van der Waals surface area contributed by atoms with E-state index in [1.54, 1.807) is 36.4 Å². The predicted octanol–water partition coefficient (Wildman–Crippen LogP) is 4.74. The lowest BCUT2D eigenvalue weighted by Crippen LogP contribution is -3.00. The van der Waals surface area contributed by atoms with Gasteiger partial charge in [-0.2, -0.15) is 0 Å². The van der Waals surface area contributed by atoms with Crippen molar-refractivity contribution < 1.29 is 31.4 Å². The molecule has 0 aliphatic rings. The number of aliphatic hydroxyl groups excluding tert-OH is 1. The maximum Gasteiger partial charge on any atom is 0.243 e. The minimum absolute atomic E-state index is 0. The normalized spacial score (nSPS) is 12.7. The summed E-state index contributed by atoms with van der Waals surface area (Å²) >= 11 is 30.9. The predicted molar refractivity (Wildman–Crippen MR) is 141 cm³/mol. The van der Waals surface area contributed by atoms with Crippen LogP contribution in [0.3, 0.4) is 0 Å². The lowest BCUT2D eigenvalue weighted by molar-refractivity contribution is -0.704. The quantitative estimate of drug-likeness (QED) is 0.266. The Morgan fingerprint density at radius 3 is 2.14 bits per heavy atom. The molecule has 0 bridgehead atoms. The molecule has 36 heavy (non-hydrogen) atoms. The Bertz CT molecular complexity index is 1300. The van der Waals surface area contributed by atoms with Gasteiger partial charge in [-0.1, -0.05) is 82.3 Å². The van der Waals surface area contributed by atoms with Gasteiger partial charge in [-0.3, -0.25) is 0 Å². The SMILES string of the molecule is OC(C[n+]1ccn(CC(OCc2ccc(Cl)cc2Cl)c2ccc(Cl)cc2Cl)c1)c1ccc(Cl)cc1.[Br-]. The van der Waals surface area contributed by atoms with E-state index in [4.69, 9.17) is 62.7 Å². The molecule has 1 N–H and O–H groups in total. The molecule has 1 heterocycles. The van der Waals surface area contributed by atoms with E-state index < -0.39 is 6.10 Å². The zero-order valence-corrected chi connectivity index (χ0v) is 24.2. The van der Waals surface area contributed by atoms with Gasteiger partial charge in [0.25, 0.3) is 0 Å². The van der Waals surface area contributed by atoms with E-state index in [1.165, 1.54) is 0 Å². The molecule has 4 rings (SSSR count). The molecule has 0 fully saturated rings. The second kappa shape index (κ2) is 13.5. The first-order chi connectivity index (χ1) is 16.8. The summed E-state index contributed by atoms with van der Waals surface area (Å²) in [7, 11) is 0. The molecule has 3 aromatic carbocycles. The molecule has 2 unspecified atom stereocenters.